The second-order valence-corrected chi connectivity index (χ2v) is 5.15. The fourth-order valence-corrected chi connectivity index (χ4v) is 2.73. The maximum Gasteiger partial charge on any atom is 0.0919 e. The highest BCUT2D eigenvalue weighted by Crippen LogP contribution is 2.27. The van der Waals surface area contributed by atoms with Gasteiger partial charge in [-0.1, -0.05) is 25.1 Å². The molecule has 1 atom stereocenters. The number of benzene rings is 1. The molecule has 0 aliphatic rings. The van der Waals surface area contributed by atoms with Gasteiger partial charge >= 0.3 is 0 Å². The normalized spacial score (nSPS) is 12.9. The summed E-state index contributed by atoms with van der Waals surface area (Å²) in [5.41, 5.74) is 3.37. The van der Waals surface area contributed by atoms with Crippen LogP contribution in [0.25, 0.3) is 10.9 Å². The summed E-state index contributed by atoms with van der Waals surface area (Å²) in [5.74, 6) is 0. The van der Waals surface area contributed by atoms with Gasteiger partial charge < -0.3 is 5.32 Å². The molecule has 5 nitrogen and oxygen atoms in total. The number of nitrogens with zero attached hydrogens (tertiary/aromatic N) is 4. The first-order valence-corrected chi connectivity index (χ1v) is 7.42. The van der Waals surface area contributed by atoms with E-state index in [1.54, 1.807) is 0 Å². The van der Waals surface area contributed by atoms with Crippen molar-refractivity contribution in [3.8, 4) is 0 Å². The zero-order valence-corrected chi connectivity index (χ0v) is 12.7. The Morgan fingerprint density at radius 3 is 2.76 bits per heavy atom. The van der Waals surface area contributed by atoms with Crippen LogP contribution in [0.3, 0.4) is 0 Å². The van der Waals surface area contributed by atoms with Crippen molar-refractivity contribution in [2.75, 3.05) is 6.54 Å². The Bertz CT molecular complexity index is 740. The predicted octanol–water partition coefficient (Wildman–Crippen LogP) is 2.49. The van der Waals surface area contributed by atoms with Crippen LogP contribution in [0.2, 0.25) is 0 Å². The molecular formula is C16H21N5. The highest BCUT2D eigenvalue weighted by Gasteiger charge is 2.21. The van der Waals surface area contributed by atoms with Crippen LogP contribution in [-0.4, -0.2) is 26.1 Å². The van der Waals surface area contributed by atoms with Crippen LogP contribution in [0.4, 0.5) is 0 Å². The second-order valence-electron chi connectivity index (χ2n) is 5.15. The van der Waals surface area contributed by atoms with Gasteiger partial charge in [-0.05, 0) is 19.5 Å². The molecule has 1 unspecified atom stereocenters. The SMILES string of the molecule is CCNC(c1cnn(CC)c1)c1nn(C)c2ccccc12. The summed E-state index contributed by atoms with van der Waals surface area (Å²) in [5, 5.41) is 13.8. The van der Waals surface area contributed by atoms with Gasteiger partial charge in [-0.3, -0.25) is 9.36 Å². The molecule has 0 spiro atoms. The van der Waals surface area contributed by atoms with E-state index in [4.69, 9.17) is 5.10 Å². The second kappa shape index (κ2) is 5.69. The third-order valence-electron chi connectivity index (χ3n) is 3.78. The average Bonchev–Trinajstić information content (AvgIpc) is 3.11. The summed E-state index contributed by atoms with van der Waals surface area (Å²) in [6.45, 7) is 5.96. The molecule has 0 aliphatic carbocycles. The van der Waals surface area contributed by atoms with Gasteiger partial charge in [-0.25, -0.2) is 0 Å². The van der Waals surface area contributed by atoms with Gasteiger partial charge in [0.25, 0.3) is 0 Å². The first kappa shape index (κ1) is 13.8. The van der Waals surface area contributed by atoms with E-state index in [0.29, 0.717) is 0 Å². The number of hydrogen-bond acceptors (Lipinski definition) is 3. The minimum atomic E-state index is 0.0707. The molecule has 110 valence electrons. The lowest BCUT2D eigenvalue weighted by Gasteiger charge is -2.14. The number of aromatic nitrogens is 4. The van der Waals surface area contributed by atoms with Crippen molar-refractivity contribution in [1.29, 1.82) is 0 Å². The Hall–Kier alpha value is -2.14. The Morgan fingerprint density at radius 1 is 1.24 bits per heavy atom. The van der Waals surface area contributed by atoms with Gasteiger partial charge in [-0.15, -0.1) is 0 Å². The lowest BCUT2D eigenvalue weighted by atomic mass is 10.0. The van der Waals surface area contributed by atoms with Crippen LogP contribution in [0.1, 0.15) is 31.1 Å². The lowest BCUT2D eigenvalue weighted by molar-refractivity contribution is 0.601. The van der Waals surface area contributed by atoms with E-state index >= 15 is 0 Å². The first-order chi connectivity index (χ1) is 10.2. The third-order valence-corrected chi connectivity index (χ3v) is 3.78. The Kier molecular flexibility index (Phi) is 3.75. The van der Waals surface area contributed by atoms with Crippen molar-refractivity contribution in [2.24, 2.45) is 7.05 Å². The monoisotopic (exact) mass is 283 g/mol. The minimum absolute atomic E-state index is 0.0707. The summed E-state index contributed by atoms with van der Waals surface area (Å²) < 4.78 is 3.89. The molecule has 3 aromatic rings. The van der Waals surface area contributed by atoms with Crippen molar-refractivity contribution in [1.82, 2.24) is 24.9 Å². The van der Waals surface area contributed by atoms with Gasteiger partial charge in [0.05, 0.1) is 23.4 Å². The molecule has 0 radical (unpaired) electrons. The number of rotatable bonds is 5. The van der Waals surface area contributed by atoms with Gasteiger partial charge in [0.15, 0.2) is 0 Å². The Balaban J connectivity index is 2.11. The van der Waals surface area contributed by atoms with Crippen LogP contribution in [0.5, 0.6) is 0 Å². The predicted molar refractivity (Wildman–Crippen MR) is 84.1 cm³/mol. The highest BCUT2D eigenvalue weighted by atomic mass is 15.3. The first-order valence-electron chi connectivity index (χ1n) is 7.42. The van der Waals surface area contributed by atoms with Gasteiger partial charge in [-0.2, -0.15) is 10.2 Å². The summed E-state index contributed by atoms with van der Waals surface area (Å²) in [7, 11) is 1.99. The maximum atomic E-state index is 4.74. The van der Waals surface area contributed by atoms with E-state index in [1.807, 2.05) is 28.7 Å². The van der Waals surface area contributed by atoms with E-state index in [1.165, 1.54) is 5.39 Å². The Labute approximate surface area is 124 Å². The molecule has 1 N–H and O–H groups in total. The van der Waals surface area contributed by atoms with Crippen molar-refractivity contribution >= 4 is 10.9 Å². The molecule has 3 rings (SSSR count). The third kappa shape index (κ3) is 2.45. The highest BCUT2D eigenvalue weighted by molar-refractivity contribution is 5.82. The van der Waals surface area contributed by atoms with E-state index in [0.717, 1.165) is 29.9 Å². The van der Waals surface area contributed by atoms with E-state index in [9.17, 15) is 0 Å². The number of nitrogens with one attached hydrogen (secondary N) is 1. The fraction of sp³-hybridized carbons (Fsp3) is 0.375. The quantitative estimate of drug-likeness (QED) is 0.782. The standard InChI is InChI=1S/C16H21N5/c1-4-17-15(12-10-18-21(5-2)11-12)16-13-8-6-7-9-14(13)20(3)19-16/h6-11,15,17H,4-5H2,1-3H3. The van der Waals surface area contributed by atoms with Crippen molar-refractivity contribution in [2.45, 2.75) is 26.4 Å². The maximum absolute atomic E-state index is 4.74. The van der Waals surface area contributed by atoms with Crippen LogP contribution < -0.4 is 5.32 Å². The average molecular weight is 283 g/mol. The zero-order chi connectivity index (χ0) is 14.8. The van der Waals surface area contributed by atoms with Gasteiger partial charge in [0.2, 0.25) is 0 Å². The van der Waals surface area contributed by atoms with E-state index < -0.39 is 0 Å². The molecular weight excluding hydrogens is 262 g/mol. The molecule has 0 bridgehead atoms. The molecule has 0 amide bonds. The largest absolute Gasteiger partial charge is 0.305 e. The summed E-state index contributed by atoms with van der Waals surface area (Å²) >= 11 is 0. The summed E-state index contributed by atoms with van der Waals surface area (Å²) in [4.78, 5) is 0. The number of aryl methyl sites for hydroxylation is 2. The zero-order valence-electron chi connectivity index (χ0n) is 12.7. The van der Waals surface area contributed by atoms with E-state index in [-0.39, 0.29) is 6.04 Å². The topological polar surface area (TPSA) is 47.7 Å². The molecule has 2 heterocycles. The van der Waals surface area contributed by atoms with Gasteiger partial charge in [0, 0.05) is 30.7 Å². The lowest BCUT2D eigenvalue weighted by Crippen LogP contribution is -2.22. The molecule has 0 saturated heterocycles. The van der Waals surface area contributed by atoms with Crippen LogP contribution >= 0.6 is 0 Å². The van der Waals surface area contributed by atoms with Gasteiger partial charge in [0.1, 0.15) is 0 Å². The molecule has 1 aromatic carbocycles. The smallest absolute Gasteiger partial charge is 0.0919 e. The van der Waals surface area contributed by atoms with Crippen LogP contribution in [0, 0.1) is 0 Å². The molecule has 0 fully saturated rings. The molecule has 0 saturated carbocycles. The molecule has 2 aromatic heterocycles. The summed E-state index contributed by atoms with van der Waals surface area (Å²) in [6, 6.07) is 8.41. The van der Waals surface area contributed by atoms with Crippen LogP contribution in [-0.2, 0) is 13.6 Å². The number of para-hydroxylation sites is 1. The molecule has 5 heteroatoms. The molecule has 21 heavy (non-hydrogen) atoms. The minimum Gasteiger partial charge on any atom is -0.305 e. The summed E-state index contributed by atoms with van der Waals surface area (Å²) in [6.07, 6.45) is 4.02. The number of hydrogen-bond donors (Lipinski definition) is 1. The van der Waals surface area contributed by atoms with Crippen molar-refractivity contribution < 1.29 is 0 Å². The van der Waals surface area contributed by atoms with Crippen LogP contribution in [0.15, 0.2) is 36.7 Å². The molecule has 0 aliphatic heterocycles. The van der Waals surface area contributed by atoms with Crippen molar-refractivity contribution in [3.63, 3.8) is 0 Å². The van der Waals surface area contributed by atoms with E-state index in [2.05, 4.69) is 48.7 Å². The van der Waals surface area contributed by atoms with Crippen molar-refractivity contribution in [3.05, 3.63) is 47.9 Å². The Morgan fingerprint density at radius 2 is 2.05 bits per heavy atom. The fourth-order valence-electron chi connectivity index (χ4n) is 2.73. The number of fused-ring (bicyclic) bond motifs is 1.